The highest BCUT2D eigenvalue weighted by Crippen LogP contribution is 2.32. The van der Waals surface area contributed by atoms with E-state index in [0.717, 1.165) is 53.6 Å². The quantitative estimate of drug-likeness (QED) is 0.0377. The summed E-state index contributed by atoms with van der Waals surface area (Å²) in [6.07, 6.45) is 5.51. The lowest BCUT2D eigenvalue weighted by atomic mass is 9.94. The number of benzene rings is 4. The van der Waals surface area contributed by atoms with Crippen molar-refractivity contribution < 1.29 is 40.6 Å². The van der Waals surface area contributed by atoms with Crippen molar-refractivity contribution in [3.63, 3.8) is 0 Å². The van der Waals surface area contributed by atoms with Crippen LogP contribution in [0.3, 0.4) is 0 Å². The fraction of sp³-hybridized carbons (Fsp3) is 0.574. The van der Waals surface area contributed by atoms with Crippen LogP contribution in [0.25, 0.3) is 0 Å². The molecule has 2 fully saturated rings. The van der Waals surface area contributed by atoms with E-state index in [-0.39, 0.29) is 54.1 Å². The minimum Gasteiger partial charge on any atom is -0.497 e. The number of carbonyl (C=O) groups excluding carboxylic acids is 2. The number of rotatable bonds is 25. The second-order valence-corrected chi connectivity index (χ2v) is 25.2. The number of nitrogen functional groups attached to an aromatic ring is 1. The molecule has 2 aliphatic rings. The monoisotopic (exact) mass is 1170 g/mol. The number of sulfonamides is 2. The van der Waals surface area contributed by atoms with Gasteiger partial charge in [-0.25, -0.2) is 21.1 Å². The summed E-state index contributed by atoms with van der Waals surface area (Å²) in [7, 11) is -1.26. The van der Waals surface area contributed by atoms with E-state index in [1.807, 2.05) is 12.1 Å². The molecule has 4 aromatic rings. The maximum Gasteiger partial charge on any atom is 0.293 e. The SMILES string of the molecule is CCN(CC)CC1CCN(c2ccc(CC(=O)CCN(C)S(=O)(=O)c3c(C)cc(OC)cc3C)cc2C)CC1.CCN(CC)CC1CCN(c2ccc(N)cc2C)CC1.COc1cc(C)c(S(=O)(=O)N(C)CCOC=O)c(C)c1.Cl. The van der Waals surface area contributed by atoms with Crippen molar-refractivity contribution in [2.45, 2.75) is 118 Å². The molecule has 0 radical (unpaired) electrons. The zero-order chi connectivity index (χ0) is 58.6. The number of halogens is 1. The van der Waals surface area contributed by atoms with Crippen LogP contribution in [0, 0.1) is 53.4 Å². The molecule has 2 heterocycles. The average Bonchev–Trinajstić information content (AvgIpc) is 3.41. The standard InChI is InChI=1S/C31H47N3O4S.C17H29N3.C13H19NO5S.ClH/c1-8-33(9-2)22-26-12-16-34(17-13-26)30-11-10-27(18-23(30)3)21-28(35)14-15-32(6)39(36,37)31-24(4)19-29(38-7)20-25(31)5;1-4-19(5-2)13-15-8-10-20(11-9-15)17-7-6-16(18)12-14(17)3;1-10-7-12(18-4)8-11(2)13(10)20(16,17)14(3)5-6-19-9-15;/h10-11,18-20,26H,8-9,12-17,21-22H2,1-7H3;6-7,12,15H,4-5,8-11,13,18H2,1-3H3;7-9H,5-6H2,1-4H3;1H. The van der Waals surface area contributed by atoms with Crippen LogP contribution in [0.15, 0.2) is 70.5 Å². The smallest absolute Gasteiger partial charge is 0.293 e. The molecule has 0 saturated carbocycles. The van der Waals surface area contributed by atoms with Crippen molar-refractivity contribution in [1.82, 2.24) is 18.4 Å². The van der Waals surface area contributed by atoms with E-state index >= 15 is 0 Å². The zero-order valence-electron chi connectivity index (χ0n) is 50.6. The summed E-state index contributed by atoms with van der Waals surface area (Å²) in [5.74, 6) is 2.90. The van der Waals surface area contributed by atoms with E-state index in [2.05, 4.69) is 90.1 Å². The first kappa shape index (κ1) is 69.3. The molecule has 0 unspecified atom stereocenters. The Kier molecular flexibility index (Phi) is 28.8. The molecular formula is C61H96ClN7O9S2. The molecule has 4 aromatic carbocycles. The van der Waals surface area contributed by atoms with Gasteiger partial charge in [0, 0.05) is 96.4 Å². The summed E-state index contributed by atoms with van der Waals surface area (Å²) in [5.41, 5.74) is 15.3. The first-order valence-electron chi connectivity index (χ1n) is 28.2. The fourth-order valence-electron chi connectivity index (χ4n) is 10.9. The summed E-state index contributed by atoms with van der Waals surface area (Å²) in [4.78, 5) is 33.5. The summed E-state index contributed by atoms with van der Waals surface area (Å²) < 4.78 is 68.9. The predicted molar refractivity (Wildman–Crippen MR) is 329 cm³/mol. The average molecular weight is 1170 g/mol. The summed E-state index contributed by atoms with van der Waals surface area (Å²) in [6, 6.07) is 19.4. The minimum atomic E-state index is -3.72. The van der Waals surface area contributed by atoms with Crippen LogP contribution in [0.1, 0.15) is 98.7 Å². The first-order chi connectivity index (χ1) is 37.5. The number of hydrogen-bond acceptors (Lipinski definition) is 14. The molecule has 0 spiro atoms. The number of ether oxygens (including phenoxy) is 3. The molecule has 2 saturated heterocycles. The Bertz CT molecular complexity index is 2770. The number of methoxy groups -OCH3 is 2. The number of likely N-dealkylation sites (N-methyl/N-ethyl adjacent to an activating group) is 1. The lowest BCUT2D eigenvalue weighted by Gasteiger charge is -2.36. The maximum atomic E-state index is 13.2. The summed E-state index contributed by atoms with van der Waals surface area (Å²) in [6.45, 7) is 32.3. The van der Waals surface area contributed by atoms with Gasteiger partial charge in [0.25, 0.3) is 6.47 Å². The topological polar surface area (TPSA) is 176 Å². The molecule has 6 rings (SSSR count). The number of aryl methyl sites for hydroxylation is 6. The Morgan fingerprint density at radius 2 is 0.988 bits per heavy atom. The van der Waals surface area contributed by atoms with Gasteiger partial charge in [0.1, 0.15) is 23.9 Å². The van der Waals surface area contributed by atoms with Crippen molar-refractivity contribution >= 4 is 61.8 Å². The Morgan fingerprint density at radius 3 is 1.35 bits per heavy atom. The van der Waals surface area contributed by atoms with Crippen LogP contribution in [-0.2, 0) is 40.8 Å². The van der Waals surface area contributed by atoms with Gasteiger partial charge in [-0.15, -0.1) is 12.4 Å². The van der Waals surface area contributed by atoms with Crippen LogP contribution < -0.4 is 25.0 Å². The molecule has 2 N–H and O–H groups in total. The number of nitrogens with zero attached hydrogens (tertiary/aromatic N) is 6. The second kappa shape index (κ2) is 33.2. The molecule has 0 aromatic heterocycles. The zero-order valence-corrected chi connectivity index (χ0v) is 53.0. The van der Waals surface area contributed by atoms with Gasteiger partial charge in [-0.1, -0.05) is 39.8 Å². The van der Waals surface area contributed by atoms with Crippen LogP contribution in [0.5, 0.6) is 11.5 Å². The number of carbonyl (C=O) groups is 2. The van der Waals surface area contributed by atoms with Gasteiger partial charge in [0.2, 0.25) is 20.0 Å². The number of piperidine rings is 2. The van der Waals surface area contributed by atoms with Crippen molar-refractivity contribution in [3.8, 4) is 11.5 Å². The van der Waals surface area contributed by atoms with Gasteiger partial charge in [0.15, 0.2) is 0 Å². The lowest BCUT2D eigenvalue weighted by molar-refractivity contribution is -0.128. The third-order valence-corrected chi connectivity index (χ3v) is 19.9. The maximum absolute atomic E-state index is 13.2. The van der Waals surface area contributed by atoms with Gasteiger partial charge in [-0.3, -0.25) is 9.59 Å². The summed E-state index contributed by atoms with van der Waals surface area (Å²) in [5, 5.41) is 0. The Balaban J connectivity index is 0.000000345. The second-order valence-electron chi connectivity index (χ2n) is 21.3. The van der Waals surface area contributed by atoms with Gasteiger partial charge in [-0.2, -0.15) is 4.31 Å². The fourth-order valence-corrected chi connectivity index (χ4v) is 14.0. The van der Waals surface area contributed by atoms with Crippen LogP contribution >= 0.6 is 12.4 Å². The van der Waals surface area contributed by atoms with Crippen molar-refractivity contribution in [3.05, 3.63) is 99.6 Å². The van der Waals surface area contributed by atoms with Crippen molar-refractivity contribution in [2.75, 3.05) is 129 Å². The third kappa shape index (κ3) is 19.6. The molecule has 0 amide bonds. The van der Waals surface area contributed by atoms with Crippen LogP contribution in [0.4, 0.5) is 17.1 Å². The van der Waals surface area contributed by atoms with Crippen molar-refractivity contribution in [2.24, 2.45) is 11.8 Å². The number of nitrogens with two attached hydrogens (primary N) is 1. The van der Waals surface area contributed by atoms with E-state index in [1.54, 1.807) is 59.1 Å². The van der Waals surface area contributed by atoms with Crippen LogP contribution in [0.2, 0.25) is 0 Å². The Morgan fingerprint density at radius 1 is 0.600 bits per heavy atom. The van der Waals surface area contributed by atoms with E-state index < -0.39 is 20.0 Å². The van der Waals surface area contributed by atoms with E-state index in [9.17, 15) is 26.4 Å². The molecule has 19 heteroatoms. The van der Waals surface area contributed by atoms with Gasteiger partial charge in [0.05, 0.1) is 24.0 Å². The molecule has 0 atom stereocenters. The molecule has 0 aliphatic carbocycles. The van der Waals surface area contributed by atoms with Gasteiger partial charge >= 0.3 is 0 Å². The molecule has 2 aliphatic heterocycles. The largest absolute Gasteiger partial charge is 0.497 e. The van der Waals surface area contributed by atoms with Crippen LogP contribution in [-0.4, -0.2) is 161 Å². The van der Waals surface area contributed by atoms with E-state index in [4.69, 9.17) is 15.2 Å². The Hall–Kier alpha value is -4.95. The summed E-state index contributed by atoms with van der Waals surface area (Å²) >= 11 is 0. The van der Waals surface area contributed by atoms with E-state index in [1.165, 1.54) is 113 Å². The minimum absolute atomic E-state index is 0. The van der Waals surface area contributed by atoms with Crippen molar-refractivity contribution in [1.29, 1.82) is 0 Å². The molecule has 16 nitrogen and oxygen atoms in total. The molecule has 0 bridgehead atoms. The lowest BCUT2D eigenvalue weighted by Crippen LogP contribution is -2.39. The molecule has 448 valence electrons. The highest BCUT2D eigenvalue weighted by atomic mass is 35.5. The number of ketones is 1. The number of hydrogen-bond donors (Lipinski definition) is 1. The predicted octanol–water partition coefficient (Wildman–Crippen LogP) is 9.66. The normalized spacial score (nSPS) is 14.3. The first-order valence-corrected chi connectivity index (χ1v) is 31.1. The van der Waals surface area contributed by atoms with E-state index in [0.29, 0.717) is 46.6 Å². The highest BCUT2D eigenvalue weighted by molar-refractivity contribution is 7.89. The molecular weight excluding hydrogens is 1070 g/mol. The Labute approximate surface area is 487 Å². The molecule has 80 heavy (non-hydrogen) atoms. The van der Waals surface area contributed by atoms with Gasteiger partial charge in [-0.05, 0) is 193 Å². The number of Topliss-reactive ketones (excluding diaryl/α,β-unsaturated/α-hetero) is 1. The number of anilines is 3. The third-order valence-electron chi connectivity index (χ3n) is 15.6. The highest BCUT2D eigenvalue weighted by Gasteiger charge is 2.28. The van der Waals surface area contributed by atoms with Gasteiger partial charge < -0.3 is 39.5 Å².